The van der Waals surface area contributed by atoms with Crippen LogP contribution in [0.3, 0.4) is 0 Å². The summed E-state index contributed by atoms with van der Waals surface area (Å²) < 4.78 is 0. The molecule has 2 unspecified atom stereocenters. The lowest BCUT2D eigenvalue weighted by atomic mass is 9.90. The topological polar surface area (TPSA) is 18.5 Å². The molecule has 2 rings (SSSR count). The fraction of sp³-hybridized carbons (Fsp3) is 1.00. The number of hydrogen-bond acceptors (Lipinski definition) is 3. The van der Waals surface area contributed by atoms with Crippen LogP contribution in [0.25, 0.3) is 0 Å². The molecule has 0 aromatic carbocycles. The molecule has 2 saturated heterocycles. The quantitative estimate of drug-likeness (QED) is 0.822. The first-order valence-electron chi connectivity index (χ1n) is 8.35. The van der Waals surface area contributed by atoms with Crippen LogP contribution in [0.4, 0.5) is 0 Å². The first kappa shape index (κ1) is 15.3. The third-order valence-corrected chi connectivity index (χ3v) is 4.75. The van der Waals surface area contributed by atoms with E-state index in [0.717, 1.165) is 17.9 Å². The highest BCUT2D eigenvalue weighted by atomic mass is 15.3. The van der Waals surface area contributed by atoms with Crippen LogP contribution >= 0.6 is 0 Å². The number of nitrogens with one attached hydrogen (secondary N) is 1. The van der Waals surface area contributed by atoms with Gasteiger partial charge in [0, 0.05) is 45.3 Å². The molecule has 3 nitrogen and oxygen atoms in total. The summed E-state index contributed by atoms with van der Waals surface area (Å²) in [6.45, 7) is 15.8. The smallest absolute Gasteiger partial charge is 0.0197 e. The average molecular weight is 267 g/mol. The third kappa shape index (κ3) is 5.05. The molecule has 0 aromatic heterocycles. The molecule has 0 aromatic rings. The van der Waals surface area contributed by atoms with Crippen LogP contribution < -0.4 is 5.32 Å². The summed E-state index contributed by atoms with van der Waals surface area (Å²) in [5, 5.41) is 3.72. The molecule has 0 amide bonds. The van der Waals surface area contributed by atoms with Crippen molar-refractivity contribution in [2.75, 3.05) is 45.8 Å². The molecule has 3 heteroatoms. The van der Waals surface area contributed by atoms with E-state index >= 15 is 0 Å². The molecular weight excluding hydrogens is 234 g/mol. The maximum absolute atomic E-state index is 3.72. The van der Waals surface area contributed by atoms with Crippen LogP contribution in [-0.2, 0) is 0 Å². The maximum Gasteiger partial charge on any atom is 0.0197 e. The summed E-state index contributed by atoms with van der Waals surface area (Å²) in [5.41, 5.74) is 0. The predicted molar refractivity (Wildman–Crippen MR) is 82.5 cm³/mol. The molecule has 0 aliphatic carbocycles. The third-order valence-electron chi connectivity index (χ3n) is 4.75. The second-order valence-corrected chi connectivity index (χ2v) is 6.94. The molecule has 19 heavy (non-hydrogen) atoms. The normalized spacial score (nSPS) is 30.9. The van der Waals surface area contributed by atoms with Crippen LogP contribution in [0.1, 0.15) is 40.0 Å². The van der Waals surface area contributed by atoms with Gasteiger partial charge in [0.15, 0.2) is 0 Å². The Bertz CT molecular complexity index is 246. The summed E-state index contributed by atoms with van der Waals surface area (Å²) in [6, 6.07) is 0.746. The summed E-state index contributed by atoms with van der Waals surface area (Å²) in [5.74, 6) is 1.77. The number of nitrogens with zero attached hydrogens (tertiary/aromatic N) is 2. The molecule has 0 radical (unpaired) electrons. The lowest BCUT2D eigenvalue weighted by Crippen LogP contribution is -2.52. The first-order valence-corrected chi connectivity index (χ1v) is 8.35. The molecule has 0 spiro atoms. The second-order valence-electron chi connectivity index (χ2n) is 6.94. The molecule has 112 valence electrons. The van der Waals surface area contributed by atoms with Gasteiger partial charge < -0.3 is 10.2 Å². The Balaban J connectivity index is 1.67. The van der Waals surface area contributed by atoms with Crippen LogP contribution in [0.15, 0.2) is 0 Å². The molecule has 2 atom stereocenters. The molecular formula is C16H33N3. The minimum atomic E-state index is 0.746. The SMILES string of the molecule is CCC1CCNC(CN2CCN(CC(C)C)CC2)C1. The van der Waals surface area contributed by atoms with E-state index in [1.807, 2.05) is 0 Å². The average Bonchev–Trinajstić information content (AvgIpc) is 2.41. The summed E-state index contributed by atoms with van der Waals surface area (Å²) >= 11 is 0. The van der Waals surface area contributed by atoms with Crippen LogP contribution in [0.2, 0.25) is 0 Å². The molecule has 1 N–H and O–H groups in total. The Morgan fingerprint density at radius 1 is 1.11 bits per heavy atom. The highest BCUT2D eigenvalue weighted by Gasteiger charge is 2.24. The number of hydrogen-bond donors (Lipinski definition) is 1. The van der Waals surface area contributed by atoms with E-state index in [0.29, 0.717) is 0 Å². The molecule has 2 heterocycles. The van der Waals surface area contributed by atoms with Gasteiger partial charge in [-0.05, 0) is 31.2 Å². The Labute approximate surface area is 119 Å². The van der Waals surface area contributed by atoms with E-state index in [-0.39, 0.29) is 0 Å². The van der Waals surface area contributed by atoms with Crippen molar-refractivity contribution in [3.8, 4) is 0 Å². The monoisotopic (exact) mass is 267 g/mol. The Morgan fingerprint density at radius 2 is 1.79 bits per heavy atom. The zero-order valence-electron chi connectivity index (χ0n) is 13.2. The highest BCUT2D eigenvalue weighted by molar-refractivity contribution is 4.82. The van der Waals surface area contributed by atoms with E-state index in [1.165, 1.54) is 65.1 Å². The lowest BCUT2D eigenvalue weighted by Gasteiger charge is -2.39. The highest BCUT2D eigenvalue weighted by Crippen LogP contribution is 2.20. The van der Waals surface area contributed by atoms with E-state index in [4.69, 9.17) is 0 Å². The second kappa shape index (κ2) is 7.61. The zero-order valence-corrected chi connectivity index (χ0v) is 13.2. The molecule has 0 bridgehead atoms. The molecule has 2 aliphatic heterocycles. The molecule has 2 fully saturated rings. The summed E-state index contributed by atoms with van der Waals surface area (Å²) in [7, 11) is 0. The van der Waals surface area contributed by atoms with Crippen molar-refractivity contribution in [1.29, 1.82) is 0 Å². The molecule has 0 saturated carbocycles. The van der Waals surface area contributed by atoms with Crippen molar-refractivity contribution in [2.45, 2.75) is 46.1 Å². The van der Waals surface area contributed by atoms with Crippen LogP contribution in [-0.4, -0.2) is 61.7 Å². The fourth-order valence-corrected chi connectivity index (χ4v) is 3.59. The number of rotatable bonds is 5. The van der Waals surface area contributed by atoms with E-state index in [1.54, 1.807) is 0 Å². The van der Waals surface area contributed by atoms with Gasteiger partial charge in [0.25, 0.3) is 0 Å². The Hall–Kier alpha value is -0.120. The van der Waals surface area contributed by atoms with Gasteiger partial charge in [-0.1, -0.05) is 27.2 Å². The Kier molecular flexibility index (Phi) is 6.11. The van der Waals surface area contributed by atoms with Gasteiger partial charge in [-0.2, -0.15) is 0 Å². The van der Waals surface area contributed by atoms with E-state index in [2.05, 4.69) is 35.9 Å². The number of piperazine rings is 1. The van der Waals surface area contributed by atoms with Gasteiger partial charge in [-0.3, -0.25) is 4.90 Å². The largest absolute Gasteiger partial charge is 0.313 e. The van der Waals surface area contributed by atoms with Crippen molar-refractivity contribution in [3.05, 3.63) is 0 Å². The predicted octanol–water partition coefficient (Wildman–Crippen LogP) is 2.04. The minimum Gasteiger partial charge on any atom is -0.313 e. The van der Waals surface area contributed by atoms with Crippen LogP contribution in [0.5, 0.6) is 0 Å². The van der Waals surface area contributed by atoms with Gasteiger partial charge in [0.05, 0.1) is 0 Å². The lowest BCUT2D eigenvalue weighted by molar-refractivity contribution is 0.106. The van der Waals surface area contributed by atoms with Crippen molar-refractivity contribution in [1.82, 2.24) is 15.1 Å². The minimum absolute atomic E-state index is 0.746. The van der Waals surface area contributed by atoms with E-state index < -0.39 is 0 Å². The standard InChI is InChI=1S/C16H33N3/c1-4-15-5-6-17-16(11-15)13-19-9-7-18(8-10-19)12-14(2)3/h14-17H,4-13H2,1-3H3. The van der Waals surface area contributed by atoms with Crippen molar-refractivity contribution >= 4 is 0 Å². The Morgan fingerprint density at radius 3 is 2.42 bits per heavy atom. The zero-order chi connectivity index (χ0) is 13.7. The molecule has 2 aliphatic rings. The van der Waals surface area contributed by atoms with Gasteiger partial charge in [-0.15, -0.1) is 0 Å². The first-order chi connectivity index (χ1) is 9.17. The van der Waals surface area contributed by atoms with Gasteiger partial charge >= 0.3 is 0 Å². The van der Waals surface area contributed by atoms with E-state index in [9.17, 15) is 0 Å². The van der Waals surface area contributed by atoms with Gasteiger partial charge in [-0.25, -0.2) is 0 Å². The maximum atomic E-state index is 3.72. The van der Waals surface area contributed by atoms with Crippen LogP contribution in [0, 0.1) is 11.8 Å². The van der Waals surface area contributed by atoms with Crippen molar-refractivity contribution in [3.63, 3.8) is 0 Å². The van der Waals surface area contributed by atoms with Crippen molar-refractivity contribution in [2.24, 2.45) is 11.8 Å². The summed E-state index contributed by atoms with van der Waals surface area (Å²) in [4.78, 5) is 5.30. The summed E-state index contributed by atoms with van der Waals surface area (Å²) in [6.07, 6.45) is 4.14. The number of piperidine rings is 1. The van der Waals surface area contributed by atoms with Crippen molar-refractivity contribution < 1.29 is 0 Å². The van der Waals surface area contributed by atoms with Gasteiger partial charge in [0.2, 0.25) is 0 Å². The van der Waals surface area contributed by atoms with Gasteiger partial charge in [0.1, 0.15) is 0 Å². The fourth-order valence-electron chi connectivity index (χ4n) is 3.59.